The molecule has 4 rings (SSSR count). The molecule has 4 heterocycles. The van der Waals surface area contributed by atoms with Crippen LogP contribution in [-0.2, 0) is 20.0 Å². The Morgan fingerprint density at radius 1 is 1.26 bits per heavy atom. The summed E-state index contributed by atoms with van der Waals surface area (Å²) in [7, 11) is 1.64. The zero-order chi connectivity index (χ0) is 18.8. The number of aromatic nitrogens is 5. The lowest BCUT2D eigenvalue weighted by atomic mass is 10.1. The fraction of sp³-hybridized carbons (Fsp3) is 0.611. The average molecular weight is 371 g/mol. The number of amides is 1. The minimum absolute atomic E-state index is 0.114. The number of carbonyl (C=O) groups is 1. The Labute approximate surface area is 157 Å². The van der Waals surface area contributed by atoms with Gasteiger partial charge < -0.3 is 14.8 Å². The monoisotopic (exact) mass is 371 g/mol. The van der Waals surface area contributed by atoms with Crippen molar-refractivity contribution in [3.05, 3.63) is 34.3 Å². The van der Waals surface area contributed by atoms with Crippen LogP contribution in [0.1, 0.15) is 42.1 Å². The Morgan fingerprint density at radius 3 is 3.00 bits per heavy atom. The van der Waals surface area contributed by atoms with Crippen LogP contribution < -0.4 is 15.8 Å². The van der Waals surface area contributed by atoms with Gasteiger partial charge in [-0.05, 0) is 25.2 Å². The van der Waals surface area contributed by atoms with Crippen molar-refractivity contribution in [3.63, 3.8) is 0 Å². The normalized spacial score (nSPS) is 19.6. The summed E-state index contributed by atoms with van der Waals surface area (Å²) in [6, 6.07) is 1.61. The van der Waals surface area contributed by atoms with E-state index in [9.17, 15) is 9.59 Å². The molecule has 9 nitrogen and oxygen atoms in total. The van der Waals surface area contributed by atoms with Crippen molar-refractivity contribution in [2.24, 2.45) is 13.0 Å². The van der Waals surface area contributed by atoms with Gasteiger partial charge in [0.2, 0.25) is 5.82 Å². The summed E-state index contributed by atoms with van der Waals surface area (Å²) >= 11 is 0. The zero-order valence-electron chi connectivity index (χ0n) is 15.6. The molecule has 1 unspecified atom stereocenters. The number of hydrogen-bond acceptors (Lipinski definition) is 6. The topological polar surface area (TPSA) is 97.9 Å². The van der Waals surface area contributed by atoms with Crippen molar-refractivity contribution >= 4 is 11.6 Å². The van der Waals surface area contributed by atoms with Crippen LogP contribution in [0.3, 0.4) is 0 Å². The van der Waals surface area contributed by atoms with Gasteiger partial charge in [0.25, 0.3) is 11.5 Å². The zero-order valence-corrected chi connectivity index (χ0v) is 15.6. The second-order valence-corrected chi connectivity index (χ2v) is 7.39. The summed E-state index contributed by atoms with van der Waals surface area (Å²) in [6.07, 6.45) is 6.91. The molecule has 27 heavy (non-hydrogen) atoms. The van der Waals surface area contributed by atoms with E-state index in [4.69, 9.17) is 0 Å². The van der Waals surface area contributed by atoms with Crippen LogP contribution in [0.15, 0.2) is 17.1 Å². The fourth-order valence-electron chi connectivity index (χ4n) is 3.84. The minimum Gasteiger partial charge on any atom is -0.370 e. The van der Waals surface area contributed by atoms with Gasteiger partial charge in [0.05, 0.1) is 11.9 Å². The lowest BCUT2D eigenvalue weighted by Crippen LogP contribution is -2.33. The van der Waals surface area contributed by atoms with E-state index < -0.39 is 0 Å². The molecule has 2 aliphatic rings. The third kappa shape index (κ3) is 3.72. The maximum absolute atomic E-state index is 12.6. The first kappa shape index (κ1) is 17.7. The molecular formula is C18H25N7O2. The highest BCUT2D eigenvalue weighted by Gasteiger charge is 2.25. The molecule has 0 radical (unpaired) electrons. The van der Waals surface area contributed by atoms with Crippen LogP contribution in [0.2, 0.25) is 0 Å². The van der Waals surface area contributed by atoms with Gasteiger partial charge in [-0.1, -0.05) is 6.42 Å². The number of hydrogen-bond donors (Lipinski definition) is 1. The van der Waals surface area contributed by atoms with Crippen LogP contribution in [0, 0.1) is 5.92 Å². The number of aryl methyl sites for hydroxylation is 2. The molecule has 1 amide bonds. The van der Waals surface area contributed by atoms with Crippen LogP contribution >= 0.6 is 0 Å². The lowest BCUT2D eigenvalue weighted by Gasteiger charge is -2.18. The van der Waals surface area contributed by atoms with Gasteiger partial charge in [-0.2, -0.15) is 5.10 Å². The highest BCUT2D eigenvalue weighted by molar-refractivity contribution is 5.90. The van der Waals surface area contributed by atoms with Gasteiger partial charge in [0, 0.05) is 45.7 Å². The Bertz CT molecular complexity index is 888. The first-order chi connectivity index (χ1) is 13.1. The van der Waals surface area contributed by atoms with Crippen LogP contribution in [0.5, 0.6) is 0 Å². The third-order valence-electron chi connectivity index (χ3n) is 5.47. The van der Waals surface area contributed by atoms with E-state index in [1.54, 1.807) is 19.3 Å². The van der Waals surface area contributed by atoms with Gasteiger partial charge >= 0.3 is 0 Å². The molecule has 0 spiro atoms. The van der Waals surface area contributed by atoms with E-state index in [0.717, 1.165) is 56.8 Å². The van der Waals surface area contributed by atoms with Crippen molar-refractivity contribution in [3.8, 4) is 0 Å². The molecule has 0 bridgehead atoms. The van der Waals surface area contributed by atoms with Crippen molar-refractivity contribution in [2.75, 3.05) is 24.5 Å². The molecule has 1 N–H and O–H groups in total. The summed E-state index contributed by atoms with van der Waals surface area (Å²) in [6.45, 7) is 3.07. The second-order valence-electron chi connectivity index (χ2n) is 7.39. The Balaban J connectivity index is 1.34. The SMILES string of the molecule is Cn1ncc(N2CCC(CNC(=O)c3nnc4n3CCCCC4)C2)cc1=O. The summed E-state index contributed by atoms with van der Waals surface area (Å²) < 4.78 is 3.29. The molecule has 0 aliphatic carbocycles. The fourth-order valence-corrected chi connectivity index (χ4v) is 3.84. The van der Waals surface area contributed by atoms with Crippen molar-refractivity contribution in [1.29, 1.82) is 0 Å². The number of nitrogens with one attached hydrogen (secondary N) is 1. The molecule has 2 aromatic rings. The summed E-state index contributed by atoms with van der Waals surface area (Å²) in [4.78, 5) is 26.5. The van der Waals surface area contributed by atoms with E-state index in [1.807, 2.05) is 4.57 Å². The highest BCUT2D eigenvalue weighted by atomic mass is 16.2. The molecule has 0 saturated carbocycles. The molecular weight excluding hydrogens is 346 g/mol. The summed E-state index contributed by atoms with van der Waals surface area (Å²) in [5.41, 5.74) is 0.728. The maximum atomic E-state index is 12.6. The van der Waals surface area contributed by atoms with Crippen LogP contribution in [0.25, 0.3) is 0 Å². The number of nitrogens with zero attached hydrogens (tertiary/aromatic N) is 6. The number of anilines is 1. The van der Waals surface area contributed by atoms with E-state index >= 15 is 0 Å². The molecule has 1 saturated heterocycles. The molecule has 2 aliphatic heterocycles. The quantitative estimate of drug-likeness (QED) is 0.833. The second kappa shape index (κ2) is 7.50. The predicted molar refractivity (Wildman–Crippen MR) is 99.7 cm³/mol. The van der Waals surface area contributed by atoms with Crippen molar-refractivity contribution in [1.82, 2.24) is 29.9 Å². The summed E-state index contributed by atoms with van der Waals surface area (Å²) in [5, 5.41) is 15.4. The first-order valence-corrected chi connectivity index (χ1v) is 9.60. The Morgan fingerprint density at radius 2 is 2.15 bits per heavy atom. The Kier molecular flexibility index (Phi) is 4.91. The van der Waals surface area contributed by atoms with E-state index in [2.05, 4.69) is 25.5 Å². The van der Waals surface area contributed by atoms with Gasteiger partial charge in [-0.25, -0.2) is 4.68 Å². The van der Waals surface area contributed by atoms with E-state index in [-0.39, 0.29) is 11.5 Å². The van der Waals surface area contributed by atoms with E-state index in [1.165, 1.54) is 11.1 Å². The molecule has 1 atom stereocenters. The van der Waals surface area contributed by atoms with Gasteiger partial charge in [0.15, 0.2) is 0 Å². The molecule has 144 valence electrons. The van der Waals surface area contributed by atoms with Gasteiger partial charge in [-0.3, -0.25) is 9.59 Å². The maximum Gasteiger partial charge on any atom is 0.289 e. The van der Waals surface area contributed by atoms with Crippen molar-refractivity contribution in [2.45, 2.75) is 38.6 Å². The van der Waals surface area contributed by atoms with E-state index in [0.29, 0.717) is 18.3 Å². The molecule has 2 aromatic heterocycles. The standard InChI is InChI=1S/C18H25N7O2/c1-23-16(26)9-14(11-20-23)24-8-6-13(12-24)10-19-18(27)17-22-21-15-5-3-2-4-7-25(15)17/h9,11,13H,2-8,10,12H2,1H3,(H,19,27). The predicted octanol–water partition coefficient (Wildman–Crippen LogP) is 0.355. The Hall–Kier alpha value is -2.71. The minimum atomic E-state index is -0.149. The van der Waals surface area contributed by atoms with Crippen molar-refractivity contribution < 1.29 is 4.79 Å². The van der Waals surface area contributed by atoms with Crippen LogP contribution in [-0.4, -0.2) is 50.1 Å². The molecule has 9 heteroatoms. The molecule has 1 fully saturated rings. The largest absolute Gasteiger partial charge is 0.370 e. The van der Waals surface area contributed by atoms with Gasteiger partial charge in [-0.15, -0.1) is 10.2 Å². The number of rotatable bonds is 4. The lowest BCUT2D eigenvalue weighted by molar-refractivity contribution is 0.0932. The van der Waals surface area contributed by atoms with Crippen LogP contribution in [0.4, 0.5) is 5.69 Å². The van der Waals surface area contributed by atoms with Gasteiger partial charge in [0.1, 0.15) is 5.82 Å². The molecule has 0 aromatic carbocycles. The number of carbonyl (C=O) groups excluding carboxylic acids is 1. The average Bonchev–Trinajstić information content (AvgIpc) is 3.23. The smallest absolute Gasteiger partial charge is 0.289 e. The number of fused-ring (bicyclic) bond motifs is 1. The first-order valence-electron chi connectivity index (χ1n) is 9.60. The highest BCUT2D eigenvalue weighted by Crippen LogP contribution is 2.21. The third-order valence-corrected chi connectivity index (χ3v) is 5.47. The summed E-state index contributed by atoms with van der Waals surface area (Å²) in [5.74, 6) is 1.54.